The van der Waals surface area contributed by atoms with Crippen LogP contribution in [0.5, 0.6) is 0 Å². The van der Waals surface area contributed by atoms with Crippen LogP contribution in [0.3, 0.4) is 0 Å². The highest BCUT2D eigenvalue weighted by Gasteiger charge is 2.47. The molecule has 3 atom stereocenters. The van der Waals surface area contributed by atoms with Crippen molar-refractivity contribution in [1.82, 2.24) is 9.78 Å². The van der Waals surface area contributed by atoms with E-state index in [0.717, 1.165) is 39.9 Å². The zero-order valence-electron chi connectivity index (χ0n) is 21.7. The number of nitriles is 1. The third-order valence-corrected chi connectivity index (χ3v) is 8.96. The van der Waals surface area contributed by atoms with Gasteiger partial charge in [-0.3, -0.25) is 4.79 Å². The summed E-state index contributed by atoms with van der Waals surface area (Å²) in [7, 11) is 0. The molecule has 0 unspecified atom stereocenters. The molecule has 3 heterocycles. The summed E-state index contributed by atoms with van der Waals surface area (Å²) < 4.78 is 43.0. The molecule has 2 aromatic heterocycles. The molecule has 0 bridgehead atoms. The Morgan fingerprint density at radius 1 is 1.24 bits per heavy atom. The zero-order valence-corrected chi connectivity index (χ0v) is 22.6. The molecule has 3 aromatic rings. The minimum absolute atomic E-state index is 0.0129. The highest BCUT2D eigenvalue weighted by molar-refractivity contribution is 7.16. The van der Waals surface area contributed by atoms with Crippen molar-refractivity contribution in [3.05, 3.63) is 63.2 Å². The number of nitrogens with one attached hydrogen (secondary N) is 2. The van der Waals surface area contributed by atoms with E-state index in [1.807, 2.05) is 19.1 Å². The third kappa shape index (κ3) is 4.80. The van der Waals surface area contributed by atoms with Gasteiger partial charge in [0.15, 0.2) is 6.04 Å². The molecule has 10 heteroatoms. The Hall–Kier alpha value is -3.32. The van der Waals surface area contributed by atoms with Crippen LogP contribution < -0.4 is 10.6 Å². The summed E-state index contributed by atoms with van der Waals surface area (Å²) in [5.74, 6) is -0.102. The summed E-state index contributed by atoms with van der Waals surface area (Å²) in [4.78, 5) is 14.5. The molecule has 0 saturated carbocycles. The number of carbonyl (C=O) groups is 1. The largest absolute Gasteiger partial charge is 0.410 e. The lowest BCUT2D eigenvalue weighted by Crippen LogP contribution is -2.36. The maximum atomic E-state index is 14.1. The highest BCUT2D eigenvalue weighted by atomic mass is 32.1. The number of aromatic nitrogens is 2. The van der Waals surface area contributed by atoms with Gasteiger partial charge in [-0.2, -0.15) is 23.5 Å². The summed E-state index contributed by atoms with van der Waals surface area (Å²) in [6.45, 7) is 8.53. The Labute approximate surface area is 223 Å². The number of alkyl halides is 3. The summed E-state index contributed by atoms with van der Waals surface area (Å²) in [6.07, 6.45) is -1.04. The van der Waals surface area contributed by atoms with E-state index >= 15 is 0 Å². The molecule has 1 amide bonds. The Kier molecular flexibility index (Phi) is 6.54. The summed E-state index contributed by atoms with van der Waals surface area (Å²) in [6, 6.07) is 7.03. The Balaban J connectivity index is 1.46. The van der Waals surface area contributed by atoms with Gasteiger partial charge in [-0.15, -0.1) is 11.3 Å². The van der Waals surface area contributed by atoms with Gasteiger partial charge in [0, 0.05) is 11.3 Å². The van der Waals surface area contributed by atoms with Crippen LogP contribution in [0.2, 0.25) is 0 Å². The number of hydrogen-bond acceptors (Lipinski definition) is 5. The lowest BCUT2D eigenvalue weighted by atomic mass is 9.72. The van der Waals surface area contributed by atoms with Gasteiger partial charge in [0.1, 0.15) is 22.5 Å². The quantitative estimate of drug-likeness (QED) is 0.368. The average molecular weight is 542 g/mol. The number of amides is 1. The van der Waals surface area contributed by atoms with E-state index in [-0.39, 0.29) is 23.2 Å². The van der Waals surface area contributed by atoms with Gasteiger partial charge in [-0.1, -0.05) is 50.6 Å². The van der Waals surface area contributed by atoms with Gasteiger partial charge in [-0.05, 0) is 48.6 Å². The number of nitrogens with zero attached hydrogens (tertiary/aromatic N) is 3. The van der Waals surface area contributed by atoms with Crippen molar-refractivity contribution >= 4 is 28.1 Å². The van der Waals surface area contributed by atoms with Gasteiger partial charge in [0.25, 0.3) is 5.91 Å². The zero-order chi connectivity index (χ0) is 27.4. The van der Waals surface area contributed by atoms with E-state index in [1.165, 1.54) is 17.5 Å². The maximum Gasteiger partial charge on any atom is 0.410 e. The standard InChI is InChI=1S/C28H30F3N5OS/c1-15-5-7-16(8-6-15)21-12-23(28(29,30)31)36-24(34-21)20(14-33-36)25(37)35-26-19(13-32)18-10-9-17(27(2,3)4)11-22(18)38-26/h5-8,14,17,21,23,34H,9-12H2,1-4H3,(H,35,37)/t17-,21-,23+/m0/s1. The molecule has 2 N–H and O–H groups in total. The van der Waals surface area contributed by atoms with Crippen LogP contribution in [-0.4, -0.2) is 21.9 Å². The molecule has 5 rings (SSSR count). The van der Waals surface area contributed by atoms with Gasteiger partial charge in [0.05, 0.1) is 17.8 Å². The predicted octanol–water partition coefficient (Wildman–Crippen LogP) is 7.19. The molecule has 0 radical (unpaired) electrons. The normalized spacial score (nSPS) is 21.2. The van der Waals surface area contributed by atoms with E-state index in [9.17, 15) is 23.2 Å². The molecule has 1 aromatic carbocycles. The number of benzene rings is 1. The topological polar surface area (TPSA) is 82.7 Å². The number of carbonyl (C=O) groups excluding carboxylic acids is 1. The minimum atomic E-state index is -4.54. The number of halogens is 3. The van der Waals surface area contributed by atoms with Crippen molar-refractivity contribution < 1.29 is 18.0 Å². The second-order valence-electron chi connectivity index (χ2n) is 11.3. The van der Waals surface area contributed by atoms with Crippen molar-refractivity contribution in [2.75, 3.05) is 10.6 Å². The molecular formula is C28H30F3N5OS. The minimum Gasteiger partial charge on any atom is -0.363 e. The predicted molar refractivity (Wildman–Crippen MR) is 141 cm³/mol. The molecule has 200 valence electrons. The second kappa shape index (κ2) is 9.45. The molecule has 0 fully saturated rings. The first-order valence-corrected chi connectivity index (χ1v) is 13.5. The van der Waals surface area contributed by atoms with E-state index < -0.39 is 24.2 Å². The van der Waals surface area contributed by atoms with Crippen LogP contribution in [-0.2, 0) is 12.8 Å². The van der Waals surface area contributed by atoms with Crippen molar-refractivity contribution in [2.24, 2.45) is 11.3 Å². The van der Waals surface area contributed by atoms with Crippen LogP contribution in [0, 0.1) is 29.6 Å². The fourth-order valence-electron chi connectivity index (χ4n) is 5.45. The molecular weight excluding hydrogens is 511 g/mol. The highest BCUT2D eigenvalue weighted by Crippen LogP contribution is 2.46. The summed E-state index contributed by atoms with van der Waals surface area (Å²) in [5, 5.41) is 20.2. The van der Waals surface area contributed by atoms with Crippen LogP contribution >= 0.6 is 11.3 Å². The first-order chi connectivity index (χ1) is 17.9. The molecule has 6 nitrogen and oxygen atoms in total. The molecule has 38 heavy (non-hydrogen) atoms. The lowest BCUT2D eigenvalue weighted by Gasteiger charge is -2.34. The summed E-state index contributed by atoms with van der Waals surface area (Å²) in [5.41, 5.74) is 3.27. The van der Waals surface area contributed by atoms with E-state index in [1.54, 1.807) is 12.1 Å². The number of aryl methyl sites for hydroxylation is 1. The second-order valence-corrected chi connectivity index (χ2v) is 12.4. The van der Waals surface area contributed by atoms with Gasteiger partial charge in [0.2, 0.25) is 0 Å². The first kappa shape index (κ1) is 26.3. The molecule has 0 saturated heterocycles. The average Bonchev–Trinajstić information content (AvgIpc) is 3.43. The van der Waals surface area contributed by atoms with Crippen molar-refractivity contribution in [3.8, 4) is 6.07 Å². The van der Waals surface area contributed by atoms with E-state index in [4.69, 9.17) is 0 Å². The Morgan fingerprint density at radius 2 is 1.95 bits per heavy atom. The fourth-order valence-corrected chi connectivity index (χ4v) is 6.72. The Bertz CT molecular complexity index is 1410. The number of rotatable bonds is 3. The van der Waals surface area contributed by atoms with Crippen LogP contribution in [0.15, 0.2) is 30.5 Å². The van der Waals surface area contributed by atoms with Crippen LogP contribution in [0.1, 0.15) is 83.2 Å². The van der Waals surface area contributed by atoms with Crippen LogP contribution in [0.25, 0.3) is 0 Å². The maximum absolute atomic E-state index is 14.1. The SMILES string of the molecule is Cc1ccc([C@@H]2C[C@H](C(F)(F)F)n3ncc(C(=O)Nc4sc5c(c4C#N)CC[C@H](C(C)(C)C)C5)c3N2)cc1. The van der Waals surface area contributed by atoms with Crippen LogP contribution in [0.4, 0.5) is 24.0 Å². The van der Waals surface area contributed by atoms with E-state index in [0.29, 0.717) is 22.0 Å². The first-order valence-electron chi connectivity index (χ1n) is 12.7. The monoisotopic (exact) mass is 541 g/mol. The molecule has 1 aliphatic heterocycles. The molecule has 1 aliphatic carbocycles. The van der Waals surface area contributed by atoms with Crippen molar-refractivity contribution in [3.63, 3.8) is 0 Å². The van der Waals surface area contributed by atoms with Crippen molar-refractivity contribution in [1.29, 1.82) is 5.26 Å². The number of anilines is 2. The van der Waals surface area contributed by atoms with Gasteiger partial charge in [-0.25, -0.2) is 4.68 Å². The lowest BCUT2D eigenvalue weighted by molar-refractivity contribution is -0.173. The smallest absolute Gasteiger partial charge is 0.363 e. The van der Waals surface area contributed by atoms with Crippen molar-refractivity contribution in [2.45, 2.75) is 71.6 Å². The van der Waals surface area contributed by atoms with E-state index in [2.05, 4.69) is 42.6 Å². The third-order valence-electron chi connectivity index (χ3n) is 7.79. The number of fused-ring (bicyclic) bond motifs is 2. The molecule has 2 aliphatic rings. The van der Waals surface area contributed by atoms with Gasteiger partial charge < -0.3 is 10.6 Å². The number of thiophene rings is 1. The fraction of sp³-hybridized carbons (Fsp3) is 0.464. The molecule has 0 spiro atoms. The number of hydrogen-bond donors (Lipinski definition) is 2. The van der Waals surface area contributed by atoms with Gasteiger partial charge >= 0.3 is 6.18 Å². The summed E-state index contributed by atoms with van der Waals surface area (Å²) >= 11 is 1.39. The Morgan fingerprint density at radius 3 is 2.58 bits per heavy atom.